The van der Waals surface area contributed by atoms with Crippen molar-refractivity contribution < 1.29 is 19.4 Å². The minimum atomic E-state index is -1.03. The molecule has 104 valence electrons. The van der Waals surface area contributed by atoms with E-state index in [0.717, 1.165) is 5.56 Å². The number of hydrogen-bond donors (Lipinski definition) is 1. The van der Waals surface area contributed by atoms with Crippen molar-refractivity contribution >= 4 is 21.9 Å². The van der Waals surface area contributed by atoms with Crippen LogP contribution in [0.15, 0.2) is 34.9 Å². The first-order valence-electron chi connectivity index (χ1n) is 5.72. The third kappa shape index (κ3) is 3.08. The molecule has 6 heteroatoms. The van der Waals surface area contributed by atoms with Gasteiger partial charge in [-0.2, -0.15) is 0 Å². The fourth-order valence-electron chi connectivity index (χ4n) is 1.59. The Labute approximate surface area is 124 Å². The van der Waals surface area contributed by atoms with Crippen LogP contribution in [0.5, 0.6) is 17.4 Å². The van der Waals surface area contributed by atoms with Crippen molar-refractivity contribution in [3.63, 3.8) is 0 Å². The van der Waals surface area contributed by atoms with Gasteiger partial charge in [0.1, 0.15) is 0 Å². The zero-order valence-corrected chi connectivity index (χ0v) is 12.5. The first-order chi connectivity index (χ1) is 9.51. The number of pyridine rings is 1. The number of carboxylic acid groups (broad SMARTS) is 1. The Hall–Kier alpha value is -2.08. The van der Waals surface area contributed by atoms with Crippen LogP contribution in [0.25, 0.3) is 0 Å². The van der Waals surface area contributed by atoms with E-state index in [0.29, 0.717) is 21.9 Å². The molecule has 0 bridgehead atoms. The molecule has 0 amide bonds. The minimum Gasteiger partial charge on any atom is -0.493 e. The minimum absolute atomic E-state index is 0.115. The molecule has 0 saturated carbocycles. The van der Waals surface area contributed by atoms with Gasteiger partial charge < -0.3 is 14.6 Å². The Morgan fingerprint density at radius 2 is 2.05 bits per heavy atom. The van der Waals surface area contributed by atoms with E-state index in [1.54, 1.807) is 12.3 Å². The molecule has 0 aliphatic rings. The van der Waals surface area contributed by atoms with Gasteiger partial charge in [-0.05, 0) is 52.7 Å². The first kappa shape index (κ1) is 14.3. The third-order valence-electron chi connectivity index (χ3n) is 2.56. The summed E-state index contributed by atoms with van der Waals surface area (Å²) in [4.78, 5) is 15.1. The lowest BCUT2D eigenvalue weighted by Gasteiger charge is -2.11. The molecule has 0 fully saturated rings. The monoisotopic (exact) mass is 337 g/mol. The number of methoxy groups -OCH3 is 1. The Bertz CT molecular complexity index is 658. The molecule has 1 aromatic carbocycles. The Balaban J connectivity index is 2.40. The highest BCUT2D eigenvalue weighted by molar-refractivity contribution is 9.10. The van der Waals surface area contributed by atoms with E-state index >= 15 is 0 Å². The molecule has 20 heavy (non-hydrogen) atoms. The molecule has 1 heterocycles. The number of benzene rings is 1. The van der Waals surface area contributed by atoms with Gasteiger partial charge in [-0.15, -0.1) is 0 Å². The molecular weight excluding hydrogens is 326 g/mol. The maximum Gasteiger partial charge on any atom is 0.335 e. The average molecular weight is 338 g/mol. The number of aromatic carboxylic acids is 1. The van der Waals surface area contributed by atoms with Crippen LogP contribution in [0.2, 0.25) is 0 Å². The SMILES string of the molecule is COc1ccc(C(=O)O)cc1Oc1ncc(C)cc1Br. The summed E-state index contributed by atoms with van der Waals surface area (Å²) in [5, 5.41) is 9.01. The lowest BCUT2D eigenvalue weighted by atomic mass is 10.2. The number of ether oxygens (including phenoxy) is 2. The highest BCUT2D eigenvalue weighted by Crippen LogP contribution is 2.34. The lowest BCUT2D eigenvalue weighted by molar-refractivity contribution is 0.0696. The van der Waals surface area contributed by atoms with Gasteiger partial charge in [0.15, 0.2) is 11.5 Å². The maximum absolute atomic E-state index is 11.0. The van der Waals surface area contributed by atoms with Crippen molar-refractivity contribution in [2.75, 3.05) is 7.11 Å². The molecule has 2 aromatic rings. The summed E-state index contributed by atoms with van der Waals surface area (Å²) in [7, 11) is 1.49. The number of nitrogens with zero attached hydrogens (tertiary/aromatic N) is 1. The fourth-order valence-corrected chi connectivity index (χ4v) is 2.13. The standard InChI is InChI=1S/C14H12BrNO4/c1-8-5-10(15)13(16-7-8)20-12-6-9(14(17)18)3-4-11(12)19-2/h3-7H,1-2H3,(H,17,18). The number of carbonyl (C=O) groups is 1. The molecule has 0 saturated heterocycles. The quantitative estimate of drug-likeness (QED) is 0.922. The predicted octanol–water partition coefficient (Wildman–Crippen LogP) is 3.65. The smallest absolute Gasteiger partial charge is 0.335 e. The van der Waals surface area contributed by atoms with Gasteiger partial charge in [0.05, 0.1) is 17.1 Å². The van der Waals surface area contributed by atoms with E-state index < -0.39 is 5.97 Å². The zero-order valence-electron chi connectivity index (χ0n) is 10.9. The summed E-state index contributed by atoms with van der Waals surface area (Å²) in [6.07, 6.45) is 1.66. The van der Waals surface area contributed by atoms with Crippen LogP contribution in [0.3, 0.4) is 0 Å². The molecular formula is C14H12BrNO4. The van der Waals surface area contributed by atoms with Crippen molar-refractivity contribution in [1.29, 1.82) is 0 Å². The summed E-state index contributed by atoms with van der Waals surface area (Å²) >= 11 is 3.35. The van der Waals surface area contributed by atoms with Gasteiger partial charge in [0.25, 0.3) is 0 Å². The second kappa shape index (κ2) is 5.92. The van der Waals surface area contributed by atoms with Gasteiger partial charge in [-0.25, -0.2) is 9.78 Å². The Kier molecular flexibility index (Phi) is 4.24. The third-order valence-corrected chi connectivity index (χ3v) is 3.13. The fraction of sp³-hybridized carbons (Fsp3) is 0.143. The van der Waals surface area contributed by atoms with Gasteiger partial charge >= 0.3 is 5.97 Å². The summed E-state index contributed by atoms with van der Waals surface area (Å²) in [5.74, 6) is 0.0404. The van der Waals surface area contributed by atoms with Crippen molar-refractivity contribution in [3.05, 3.63) is 46.1 Å². The van der Waals surface area contributed by atoms with E-state index in [9.17, 15) is 4.79 Å². The summed E-state index contributed by atoms with van der Waals surface area (Å²) < 4.78 is 11.5. The highest BCUT2D eigenvalue weighted by Gasteiger charge is 2.13. The van der Waals surface area contributed by atoms with Crippen molar-refractivity contribution in [2.45, 2.75) is 6.92 Å². The lowest BCUT2D eigenvalue weighted by Crippen LogP contribution is -1.99. The number of carboxylic acids is 1. The molecule has 0 unspecified atom stereocenters. The zero-order chi connectivity index (χ0) is 14.7. The normalized spacial score (nSPS) is 10.2. The molecule has 0 spiro atoms. The molecule has 5 nitrogen and oxygen atoms in total. The predicted molar refractivity (Wildman–Crippen MR) is 76.7 cm³/mol. The van der Waals surface area contributed by atoms with E-state index in [1.807, 2.05) is 13.0 Å². The largest absolute Gasteiger partial charge is 0.493 e. The second-order valence-corrected chi connectivity index (χ2v) is 4.93. The van der Waals surface area contributed by atoms with Gasteiger partial charge in [-0.1, -0.05) is 0 Å². The number of aryl methyl sites for hydroxylation is 1. The molecule has 0 atom stereocenters. The highest BCUT2D eigenvalue weighted by atomic mass is 79.9. The number of halogens is 1. The van der Waals surface area contributed by atoms with E-state index in [4.69, 9.17) is 14.6 Å². The Morgan fingerprint density at radius 1 is 1.30 bits per heavy atom. The molecule has 0 radical (unpaired) electrons. The van der Waals surface area contributed by atoms with Crippen LogP contribution in [0.1, 0.15) is 15.9 Å². The number of hydrogen-bond acceptors (Lipinski definition) is 4. The Morgan fingerprint density at radius 3 is 2.65 bits per heavy atom. The summed E-state index contributed by atoms with van der Waals surface area (Å²) in [6.45, 7) is 1.91. The van der Waals surface area contributed by atoms with Crippen LogP contribution in [0, 0.1) is 6.92 Å². The molecule has 0 aliphatic carbocycles. The molecule has 2 rings (SSSR count). The number of aromatic nitrogens is 1. The first-order valence-corrected chi connectivity index (χ1v) is 6.52. The molecule has 1 N–H and O–H groups in total. The van der Waals surface area contributed by atoms with Crippen molar-refractivity contribution in [3.8, 4) is 17.4 Å². The topological polar surface area (TPSA) is 68.7 Å². The van der Waals surface area contributed by atoms with Crippen molar-refractivity contribution in [1.82, 2.24) is 4.98 Å². The van der Waals surface area contributed by atoms with Crippen LogP contribution >= 0.6 is 15.9 Å². The van der Waals surface area contributed by atoms with E-state index in [2.05, 4.69) is 20.9 Å². The van der Waals surface area contributed by atoms with Crippen LogP contribution in [0.4, 0.5) is 0 Å². The molecule has 0 aliphatic heterocycles. The maximum atomic E-state index is 11.0. The van der Waals surface area contributed by atoms with Crippen molar-refractivity contribution in [2.24, 2.45) is 0 Å². The average Bonchev–Trinajstić information content (AvgIpc) is 2.41. The number of rotatable bonds is 4. The van der Waals surface area contributed by atoms with Crippen LogP contribution in [-0.2, 0) is 0 Å². The van der Waals surface area contributed by atoms with Gasteiger partial charge in [0, 0.05) is 6.20 Å². The van der Waals surface area contributed by atoms with E-state index in [1.165, 1.54) is 19.2 Å². The van der Waals surface area contributed by atoms with Crippen LogP contribution < -0.4 is 9.47 Å². The van der Waals surface area contributed by atoms with E-state index in [-0.39, 0.29) is 5.56 Å². The second-order valence-electron chi connectivity index (χ2n) is 4.07. The summed E-state index contributed by atoms with van der Waals surface area (Å²) in [5.41, 5.74) is 1.10. The van der Waals surface area contributed by atoms with Gasteiger partial charge in [0.2, 0.25) is 5.88 Å². The van der Waals surface area contributed by atoms with Crippen LogP contribution in [-0.4, -0.2) is 23.2 Å². The van der Waals surface area contributed by atoms with Gasteiger partial charge in [-0.3, -0.25) is 0 Å². The molecule has 1 aromatic heterocycles. The summed E-state index contributed by atoms with van der Waals surface area (Å²) in [6, 6.07) is 6.25.